The lowest BCUT2D eigenvalue weighted by atomic mass is 9.96. The van der Waals surface area contributed by atoms with Crippen molar-refractivity contribution in [1.82, 2.24) is 9.97 Å². The monoisotopic (exact) mass is 474 g/mol. The summed E-state index contributed by atoms with van der Waals surface area (Å²) in [7, 11) is 0. The van der Waals surface area contributed by atoms with E-state index in [4.69, 9.17) is 4.98 Å². The SMILES string of the molecule is c1ccc(N2c3ccccc3NC2c2cccc(-c3ccc4c5c(cccc35)-c3ccccc3-4)n2)nc1. The Morgan fingerprint density at radius 1 is 0.595 bits per heavy atom. The lowest BCUT2D eigenvalue weighted by Crippen LogP contribution is -2.25. The molecule has 4 heteroatoms. The second kappa shape index (κ2) is 7.77. The second-order valence-electron chi connectivity index (χ2n) is 9.50. The maximum Gasteiger partial charge on any atom is 0.149 e. The second-order valence-corrected chi connectivity index (χ2v) is 9.50. The summed E-state index contributed by atoms with van der Waals surface area (Å²) >= 11 is 0. The van der Waals surface area contributed by atoms with Crippen LogP contribution in [-0.4, -0.2) is 9.97 Å². The number of nitrogens with one attached hydrogen (secondary N) is 1. The van der Waals surface area contributed by atoms with Crippen molar-refractivity contribution in [3.63, 3.8) is 0 Å². The van der Waals surface area contributed by atoms with E-state index < -0.39 is 0 Å². The molecule has 0 saturated heterocycles. The zero-order valence-electron chi connectivity index (χ0n) is 20.0. The molecule has 2 aromatic heterocycles. The molecule has 1 unspecified atom stereocenters. The normalized spacial score (nSPS) is 14.9. The van der Waals surface area contributed by atoms with Crippen LogP contribution in [0, 0.1) is 0 Å². The van der Waals surface area contributed by atoms with E-state index in [2.05, 4.69) is 112 Å². The fourth-order valence-electron chi connectivity index (χ4n) is 5.90. The molecule has 174 valence electrons. The van der Waals surface area contributed by atoms with Crippen LogP contribution in [0.4, 0.5) is 17.2 Å². The summed E-state index contributed by atoms with van der Waals surface area (Å²) in [6.45, 7) is 0. The predicted octanol–water partition coefficient (Wildman–Crippen LogP) is 8.21. The van der Waals surface area contributed by atoms with Crippen LogP contribution in [0.1, 0.15) is 11.9 Å². The van der Waals surface area contributed by atoms with Gasteiger partial charge in [0.1, 0.15) is 12.0 Å². The minimum Gasteiger partial charge on any atom is -0.358 e. The molecule has 2 aliphatic rings. The van der Waals surface area contributed by atoms with Crippen LogP contribution in [0.15, 0.2) is 121 Å². The highest BCUT2D eigenvalue weighted by atomic mass is 15.4. The van der Waals surface area contributed by atoms with Gasteiger partial charge in [0, 0.05) is 11.8 Å². The first-order valence-electron chi connectivity index (χ1n) is 12.6. The van der Waals surface area contributed by atoms with E-state index >= 15 is 0 Å². The van der Waals surface area contributed by atoms with Crippen LogP contribution in [0.3, 0.4) is 0 Å². The number of fused-ring (bicyclic) bond motifs is 4. The number of rotatable bonds is 3. The van der Waals surface area contributed by atoms with Crippen molar-refractivity contribution in [3.8, 4) is 33.5 Å². The average molecular weight is 475 g/mol. The maximum atomic E-state index is 5.23. The summed E-state index contributed by atoms with van der Waals surface area (Å²) < 4.78 is 0. The zero-order valence-corrected chi connectivity index (χ0v) is 20.0. The standard InChI is InChI=1S/C33H22N4/c1-2-10-22-21(9-1)24-11-7-12-25-23(18-19-26(22)32(24)25)27-14-8-15-29(35-27)33-36-28-13-3-4-16-30(28)37(33)31-17-5-6-20-34-31/h1-20,33,36H. The van der Waals surface area contributed by atoms with Gasteiger partial charge in [-0.25, -0.2) is 9.97 Å². The largest absolute Gasteiger partial charge is 0.358 e. The van der Waals surface area contributed by atoms with E-state index in [1.165, 1.54) is 33.0 Å². The highest BCUT2D eigenvalue weighted by molar-refractivity contribution is 6.18. The molecular formula is C33H22N4. The van der Waals surface area contributed by atoms with Crippen LogP contribution in [0.2, 0.25) is 0 Å². The minimum absolute atomic E-state index is 0.159. The Labute approximate surface area is 214 Å². The van der Waals surface area contributed by atoms with Gasteiger partial charge in [-0.05, 0) is 69.4 Å². The molecular weight excluding hydrogens is 452 g/mol. The number of hydrogen-bond acceptors (Lipinski definition) is 4. The summed E-state index contributed by atoms with van der Waals surface area (Å²) in [5.41, 5.74) is 10.5. The van der Waals surface area contributed by atoms with Crippen molar-refractivity contribution in [2.45, 2.75) is 6.17 Å². The molecule has 1 aliphatic heterocycles. The fraction of sp³-hybridized carbons (Fsp3) is 0.0303. The van der Waals surface area contributed by atoms with Crippen LogP contribution >= 0.6 is 0 Å². The number of aromatic nitrogens is 2. The quantitative estimate of drug-likeness (QED) is 0.280. The first kappa shape index (κ1) is 20.3. The molecule has 6 aromatic rings. The van der Waals surface area contributed by atoms with Crippen molar-refractivity contribution in [2.24, 2.45) is 0 Å². The lowest BCUT2D eigenvalue weighted by Gasteiger charge is -2.26. The van der Waals surface area contributed by atoms with E-state index in [-0.39, 0.29) is 6.17 Å². The molecule has 4 aromatic carbocycles. The summed E-state index contributed by atoms with van der Waals surface area (Å²) in [6, 6.07) is 40.5. The van der Waals surface area contributed by atoms with E-state index in [0.29, 0.717) is 0 Å². The Hall–Kier alpha value is -4.96. The van der Waals surface area contributed by atoms with Crippen molar-refractivity contribution in [3.05, 3.63) is 127 Å². The molecule has 1 N–H and O–H groups in total. The van der Waals surface area contributed by atoms with Gasteiger partial charge < -0.3 is 5.32 Å². The van der Waals surface area contributed by atoms with Crippen molar-refractivity contribution in [1.29, 1.82) is 0 Å². The fourth-order valence-corrected chi connectivity index (χ4v) is 5.90. The summed E-state index contributed by atoms with van der Waals surface area (Å²) in [6.07, 6.45) is 1.68. The van der Waals surface area contributed by atoms with Gasteiger partial charge in [0.05, 0.1) is 22.8 Å². The van der Waals surface area contributed by atoms with Gasteiger partial charge in [0.25, 0.3) is 0 Å². The molecule has 0 spiro atoms. The van der Waals surface area contributed by atoms with Gasteiger partial charge in [-0.15, -0.1) is 0 Å². The van der Waals surface area contributed by atoms with E-state index in [0.717, 1.165) is 34.1 Å². The number of anilines is 3. The maximum absolute atomic E-state index is 5.23. The Morgan fingerprint density at radius 3 is 2.19 bits per heavy atom. The van der Waals surface area contributed by atoms with Gasteiger partial charge in [0.15, 0.2) is 0 Å². The van der Waals surface area contributed by atoms with E-state index in [9.17, 15) is 0 Å². The van der Waals surface area contributed by atoms with E-state index in [1.54, 1.807) is 0 Å². The summed E-state index contributed by atoms with van der Waals surface area (Å²) in [5, 5.41) is 6.23. The average Bonchev–Trinajstić information content (AvgIpc) is 3.52. The number of nitrogens with zero attached hydrogens (tertiary/aromatic N) is 3. The van der Waals surface area contributed by atoms with Gasteiger partial charge in [-0.1, -0.05) is 78.9 Å². The van der Waals surface area contributed by atoms with Crippen molar-refractivity contribution < 1.29 is 0 Å². The van der Waals surface area contributed by atoms with Crippen LogP contribution in [-0.2, 0) is 0 Å². The lowest BCUT2D eigenvalue weighted by molar-refractivity contribution is 0.784. The summed E-state index contributed by atoms with van der Waals surface area (Å²) in [5.74, 6) is 0.889. The molecule has 0 saturated carbocycles. The topological polar surface area (TPSA) is 41.0 Å². The molecule has 1 aliphatic carbocycles. The molecule has 0 bridgehead atoms. The third kappa shape index (κ3) is 2.96. The third-order valence-electron chi connectivity index (χ3n) is 7.48. The molecule has 37 heavy (non-hydrogen) atoms. The molecule has 8 rings (SSSR count). The Kier molecular flexibility index (Phi) is 4.25. The zero-order chi connectivity index (χ0) is 24.3. The molecule has 0 radical (unpaired) electrons. The Balaban J connectivity index is 1.27. The first-order chi connectivity index (χ1) is 18.4. The van der Waals surface area contributed by atoms with Gasteiger partial charge in [0.2, 0.25) is 0 Å². The molecule has 3 heterocycles. The van der Waals surface area contributed by atoms with Gasteiger partial charge in [-0.3, -0.25) is 4.90 Å². The number of benzene rings is 4. The Morgan fingerprint density at radius 2 is 1.32 bits per heavy atom. The van der Waals surface area contributed by atoms with Gasteiger partial charge >= 0.3 is 0 Å². The predicted molar refractivity (Wildman–Crippen MR) is 151 cm³/mol. The number of hydrogen-bond donors (Lipinski definition) is 1. The molecule has 0 fully saturated rings. The van der Waals surface area contributed by atoms with E-state index in [1.807, 2.05) is 24.4 Å². The highest BCUT2D eigenvalue weighted by Gasteiger charge is 2.33. The van der Waals surface area contributed by atoms with Crippen LogP contribution in [0.5, 0.6) is 0 Å². The van der Waals surface area contributed by atoms with Gasteiger partial charge in [-0.2, -0.15) is 0 Å². The first-order valence-corrected chi connectivity index (χ1v) is 12.6. The minimum atomic E-state index is -0.159. The summed E-state index contributed by atoms with van der Waals surface area (Å²) in [4.78, 5) is 12.1. The van der Waals surface area contributed by atoms with Crippen LogP contribution < -0.4 is 10.2 Å². The molecule has 0 amide bonds. The molecule has 1 atom stereocenters. The molecule has 4 nitrogen and oxygen atoms in total. The van der Waals surface area contributed by atoms with Crippen LogP contribution in [0.25, 0.3) is 44.3 Å². The highest BCUT2D eigenvalue weighted by Crippen LogP contribution is 2.49. The third-order valence-corrected chi connectivity index (χ3v) is 7.48. The van der Waals surface area contributed by atoms with Crippen molar-refractivity contribution >= 4 is 28.0 Å². The number of pyridine rings is 2. The van der Waals surface area contributed by atoms with Crippen molar-refractivity contribution in [2.75, 3.05) is 10.2 Å². The smallest absolute Gasteiger partial charge is 0.149 e. The Bertz CT molecular complexity index is 1800. The number of para-hydroxylation sites is 2.